The molecule has 0 amide bonds. The molecule has 0 radical (unpaired) electrons. The summed E-state index contributed by atoms with van der Waals surface area (Å²) in [4.78, 5) is 11.3. The van der Waals surface area contributed by atoms with Crippen molar-refractivity contribution >= 4 is 43.3 Å². The Morgan fingerprint density at radius 2 is 0.982 bits per heavy atom. The molecular formula is C48H51N3O2SSn. The van der Waals surface area contributed by atoms with Crippen LogP contribution in [0.3, 0.4) is 0 Å². The summed E-state index contributed by atoms with van der Waals surface area (Å²) >= 11 is -3.47. The third-order valence-electron chi connectivity index (χ3n) is 10.9. The van der Waals surface area contributed by atoms with Crippen LogP contribution in [0, 0.1) is 0 Å². The molecule has 2 aromatic heterocycles. The SMILES string of the molecule is CCC[CH2][Sn]([CH2]CCC)([CH2]CCC)[c]1nc2c(-c3cccc(-c4c(-c5ccccc5)cccc4-c4ccccc4)n3)cccc2n1S(=O)(=O)c1ccccc1. The fourth-order valence-electron chi connectivity index (χ4n) is 8.08. The number of para-hydroxylation sites is 1. The van der Waals surface area contributed by atoms with Crippen LogP contribution in [0.4, 0.5) is 0 Å². The molecule has 0 bridgehead atoms. The van der Waals surface area contributed by atoms with Crippen molar-refractivity contribution in [2.24, 2.45) is 0 Å². The minimum absolute atomic E-state index is 0.300. The van der Waals surface area contributed by atoms with Crippen molar-refractivity contribution in [3.8, 4) is 44.8 Å². The molecule has 2 heterocycles. The molecule has 0 unspecified atom stereocenters. The van der Waals surface area contributed by atoms with E-state index in [1.54, 1.807) is 16.1 Å². The van der Waals surface area contributed by atoms with Crippen LogP contribution in [-0.2, 0) is 10.0 Å². The summed E-state index contributed by atoms with van der Waals surface area (Å²) in [6.45, 7) is 6.74. The molecule has 5 nitrogen and oxygen atoms in total. The van der Waals surface area contributed by atoms with E-state index in [1.165, 1.54) is 0 Å². The fraction of sp³-hybridized carbons (Fsp3) is 0.250. The number of fused-ring (bicyclic) bond motifs is 1. The molecule has 7 heteroatoms. The molecular weight excluding hydrogens is 801 g/mol. The maximum atomic E-state index is 15.0. The standard InChI is InChI=1S/C36H24N3O2S.3C4H9.Sn/c40-42(41,28-17-8-3-9-18-28)39-25-37-36-31(21-11-24-34(36)39)32-22-12-23-33(38-32)35-29(26-13-4-1-5-14-26)19-10-20-30(35)27-15-6-2-7-16-27;3*1-3-4-2;/h1-24H;3*1,3-4H2,2H3;. The Morgan fingerprint density at radius 3 is 1.53 bits per heavy atom. The van der Waals surface area contributed by atoms with E-state index in [0.29, 0.717) is 15.9 Å². The van der Waals surface area contributed by atoms with Crippen molar-refractivity contribution in [2.45, 2.75) is 77.5 Å². The van der Waals surface area contributed by atoms with Crippen LogP contribution in [0.25, 0.3) is 55.8 Å². The van der Waals surface area contributed by atoms with E-state index in [4.69, 9.17) is 9.97 Å². The van der Waals surface area contributed by atoms with Gasteiger partial charge in [-0.2, -0.15) is 0 Å². The molecule has 5 aromatic carbocycles. The topological polar surface area (TPSA) is 64.8 Å². The average Bonchev–Trinajstić information content (AvgIpc) is 3.66. The van der Waals surface area contributed by atoms with Crippen molar-refractivity contribution in [1.82, 2.24) is 13.9 Å². The zero-order valence-corrected chi connectivity index (χ0v) is 36.0. The van der Waals surface area contributed by atoms with Crippen LogP contribution in [0.1, 0.15) is 59.3 Å². The summed E-state index contributed by atoms with van der Waals surface area (Å²) in [5.74, 6) is 0. The van der Waals surface area contributed by atoms with Crippen molar-refractivity contribution in [3.05, 3.63) is 146 Å². The zero-order chi connectivity index (χ0) is 38.3. The van der Waals surface area contributed by atoms with Gasteiger partial charge >= 0.3 is 321 Å². The Morgan fingerprint density at radius 1 is 0.509 bits per heavy atom. The monoisotopic (exact) mass is 853 g/mol. The van der Waals surface area contributed by atoms with Gasteiger partial charge in [0.25, 0.3) is 0 Å². The summed E-state index contributed by atoms with van der Waals surface area (Å²) in [5.41, 5.74) is 9.34. The second-order valence-corrected chi connectivity index (χ2v) is 29.3. The van der Waals surface area contributed by atoms with Crippen LogP contribution in [0.15, 0.2) is 150 Å². The Balaban J connectivity index is 1.49. The fourth-order valence-corrected chi connectivity index (χ4v) is 27.2. The third-order valence-corrected chi connectivity index (χ3v) is 28.0. The van der Waals surface area contributed by atoms with Gasteiger partial charge in [0.1, 0.15) is 0 Å². The van der Waals surface area contributed by atoms with Gasteiger partial charge in [-0.05, 0) is 0 Å². The van der Waals surface area contributed by atoms with E-state index >= 15 is 0 Å². The van der Waals surface area contributed by atoms with Crippen LogP contribution in [-0.4, -0.2) is 40.7 Å². The Bertz CT molecular complexity index is 2390. The number of imidazole rings is 1. The van der Waals surface area contributed by atoms with Gasteiger partial charge in [-0.25, -0.2) is 0 Å². The van der Waals surface area contributed by atoms with Gasteiger partial charge in [-0.15, -0.1) is 0 Å². The van der Waals surface area contributed by atoms with Crippen molar-refractivity contribution in [3.63, 3.8) is 0 Å². The summed E-state index contributed by atoms with van der Waals surface area (Å²) in [5, 5.41) is 0. The first-order valence-corrected chi connectivity index (χ1v) is 28.9. The van der Waals surface area contributed by atoms with Gasteiger partial charge in [0.2, 0.25) is 0 Å². The second-order valence-electron chi connectivity index (χ2n) is 14.7. The van der Waals surface area contributed by atoms with Gasteiger partial charge in [-0.1, -0.05) is 12.1 Å². The van der Waals surface area contributed by atoms with E-state index in [0.717, 1.165) is 100 Å². The van der Waals surface area contributed by atoms with Gasteiger partial charge in [-0.3, -0.25) is 0 Å². The second kappa shape index (κ2) is 17.5. The van der Waals surface area contributed by atoms with E-state index in [9.17, 15) is 8.42 Å². The summed E-state index contributed by atoms with van der Waals surface area (Å²) < 4.78 is 35.8. The van der Waals surface area contributed by atoms with Crippen molar-refractivity contribution in [1.29, 1.82) is 0 Å². The van der Waals surface area contributed by atoms with Crippen molar-refractivity contribution < 1.29 is 8.42 Å². The molecule has 280 valence electrons. The zero-order valence-electron chi connectivity index (χ0n) is 32.3. The molecule has 0 aliphatic rings. The number of unbranched alkanes of at least 4 members (excludes halogenated alkanes) is 3. The molecule has 0 aliphatic carbocycles. The van der Waals surface area contributed by atoms with Crippen LogP contribution < -0.4 is 3.84 Å². The van der Waals surface area contributed by atoms with E-state index in [2.05, 4.69) is 106 Å². The predicted octanol–water partition coefficient (Wildman–Crippen LogP) is 12.4. The molecule has 7 rings (SSSR count). The first kappa shape index (κ1) is 38.7. The minimum atomic E-state index is -3.95. The van der Waals surface area contributed by atoms with Crippen LogP contribution in [0.5, 0.6) is 0 Å². The third kappa shape index (κ3) is 7.94. The number of nitrogens with zero attached hydrogens (tertiary/aromatic N) is 3. The number of hydrogen-bond donors (Lipinski definition) is 0. The molecule has 55 heavy (non-hydrogen) atoms. The molecule has 0 aliphatic heterocycles. The summed E-state index contributed by atoms with van der Waals surface area (Å²) in [7, 11) is -3.95. The summed E-state index contributed by atoms with van der Waals surface area (Å²) in [6, 6.07) is 48.5. The number of hydrogen-bond acceptors (Lipinski definition) is 4. The number of aromatic nitrogens is 3. The first-order chi connectivity index (χ1) is 26.9. The molecule has 0 spiro atoms. The Labute approximate surface area is 331 Å². The Hall–Kier alpha value is -4.53. The van der Waals surface area contributed by atoms with Gasteiger partial charge < -0.3 is 0 Å². The average molecular weight is 853 g/mol. The number of benzene rings is 5. The van der Waals surface area contributed by atoms with Gasteiger partial charge in [0.15, 0.2) is 0 Å². The first-order valence-electron chi connectivity index (χ1n) is 20.0. The maximum absolute atomic E-state index is 15.0. The molecule has 0 atom stereocenters. The summed E-state index contributed by atoms with van der Waals surface area (Å²) in [6.07, 6.45) is 6.54. The molecule has 7 aromatic rings. The van der Waals surface area contributed by atoms with Gasteiger partial charge in [0, 0.05) is 0 Å². The van der Waals surface area contributed by atoms with E-state index in [1.807, 2.05) is 48.5 Å². The van der Waals surface area contributed by atoms with Crippen LogP contribution in [0.2, 0.25) is 13.3 Å². The number of rotatable bonds is 16. The molecule has 0 saturated heterocycles. The quantitative estimate of drug-likeness (QED) is 0.0909. The number of pyridine rings is 1. The predicted molar refractivity (Wildman–Crippen MR) is 233 cm³/mol. The Kier molecular flexibility index (Phi) is 12.3. The van der Waals surface area contributed by atoms with Gasteiger partial charge in [0.05, 0.1) is 0 Å². The van der Waals surface area contributed by atoms with E-state index < -0.39 is 28.4 Å². The molecule has 0 N–H and O–H groups in total. The van der Waals surface area contributed by atoms with Crippen molar-refractivity contribution in [2.75, 3.05) is 0 Å². The van der Waals surface area contributed by atoms with Crippen LogP contribution >= 0.6 is 0 Å². The van der Waals surface area contributed by atoms with E-state index in [-0.39, 0.29) is 0 Å². The normalized spacial score (nSPS) is 12.0. The molecule has 0 fully saturated rings. The molecule has 0 saturated carbocycles.